The van der Waals surface area contributed by atoms with Gasteiger partial charge in [-0.2, -0.15) is 0 Å². The normalized spacial score (nSPS) is 26.1. The van der Waals surface area contributed by atoms with Gasteiger partial charge in [-0.15, -0.1) is 0 Å². The van der Waals surface area contributed by atoms with Crippen LogP contribution in [-0.2, 0) is 4.79 Å². The van der Waals surface area contributed by atoms with E-state index in [-0.39, 0.29) is 24.3 Å². The topological polar surface area (TPSA) is 76.1 Å². The fourth-order valence-corrected chi connectivity index (χ4v) is 4.16. The molecule has 142 valence electrons. The van der Waals surface area contributed by atoms with Gasteiger partial charge in [0, 0.05) is 19.0 Å². The molecule has 6 nitrogen and oxygen atoms in total. The minimum atomic E-state index is -0.990. The summed E-state index contributed by atoms with van der Waals surface area (Å²) in [5.74, 6) is 1.14. The minimum absolute atomic E-state index is 0.000305. The number of hydrogen-bond donors (Lipinski definition) is 1. The molecule has 26 heavy (non-hydrogen) atoms. The Bertz CT molecular complexity index is 697. The maximum absolute atomic E-state index is 12.3. The SMILES string of the molecule is COc1ccc(C2CN(C(=O)O)CC2(C)C(C)=O)cc1OC1CCCC1. The summed E-state index contributed by atoms with van der Waals surface area (Å²) in [4.78, 5) is 25.1. The summed E-state index contributed by atoms with van der Waals surface area (Å²) >= 11 is 0. The number of rotatable bonds is 5. The van der Waals surface area contributed by atoms with Gasteiger partial charge in [-0.3, -0.25) is 4.79 Å². The van der Waals surface area contributed by atoms with E-state index in [1.165, 1.54) is 24.7 Å². The lowest BCUT2D eigenvalue weighted by Gasteiger charge is -2.28. The standard InChI is InChI=1S/C20H27NO5/c1-13(22)20(2)12-21(19(23)24)11-16(20)14-8-9-17(25-3)18(10-14)26-15-6-4-5-7-15/h8-10,15-16H,4-7,11-12H2,1-3H3,(H,23,24). The number of nitrogens with zero attached hydrogens (tertiary/aromatic N) is 1. The number of ketones is 1. The number of hydrogen-bond acceptors (Lipinski definition) is 4. The summed E-state index contributed by atoms with van der Waals surface area (Å²) in [5.41, 5.74) is 0.178. The Labute approximate surface area is 154 Å². The first-order valence-corrected chi connectivity index (χ1v) is 9.18. The van der Waals surface area contributed by atoms with Crippen molar-refractivity contribution < 1.29 is 24.2 Å². The molecule has 3 rings (SSSR count). The van der Waals surface area contributed by atoms with Crippen LogP contribution in [0.1, 0.15) is 51.0 Å². The zero-order chi connectivity index (χ0) is 18.9. The number of carbonyl (C=O) groups is 2. The molecule has 1 amide bonds. The summed E-state index contributed by atoms with van der Waals surface area (Å²) in [6, 6.07) is 5.69. The molecule has 2 atom stereocenters. The van der Waals surface area contributed by atoms with Crippen molar-refractivity contribution in [1.82, 2.24) is 4.90 Å². The molecule has 2 unspecified atom stereocenters. The van der Waals surface area contributed by atoms with E-state index < -0.39 is 11.5 Å². The monoisotopic (exact) mass is 361 g/mol. The maximum atomic E-state index is 12.3. The van der Waals surface area contributed by atoms with E-state index in [4.69, 9.17) is 9.47 Å². The maximum Gasteiger partial charge on any atom is 0.407 e. The first-order chi connectivity index (χ1) is 12.3. The lowest BCUT2D eigenvalue weighted by molar-refractivity contribution is -0.125. The van der Waals surface area contributed by atoms with Crippen LogP contribution < -0.4 is 9.47 Å². The summed E-state index contributed by atoms with van der Waals surface area (Å²) < 4.78 is 11.6. The molecule has 0 spiro atoms. The van der Waals surface area contributed by atoms with Crippen molar-refractivity contribution in [2.75, 3.05) is 20.2 Å². The van der Waals surface area contributed by atoms with Crippen molar-refractivity contribution >= 4 is 11.9 Å². The third-order valence-electron chi connectivity index (χ3n) is 5.95. The molecule has 1 aliphatic carbocycles. The summed E-state index contributed by atoms with van der Waals surface area (Å²) in [6.45, 7) is 3.91. The second-order valence-electron chi connectivity index (χ2n) is 7.62. The van der Waals surface area contributed by atoms with Gasteiger partial charge in [0.2, 0.25) is 0 Å². The minimum Gasteiger partial charge on any atom is -0.493 e. The van der Waals surface area contributed by atoms with E-state index in [0.717, 1.165) is 18.4 Å². The van der Waals surface area contributed by atoms with Crippen molar-refractivity contribution in [2.45, 2.75) is 51.6 Å². The lowest BCUT2D eigenvalue weighted by atomic mass is 9.73. The number of benzene rings is 1. The van der Waals surface area contributed by atoms with E-state index in [2.05, 4.69) is 0 Å². The van der Waals surface area contributed by atoms with Gasteiger partial charge in [0.1, 0.15) is 5.78 Å². The number of likely N-dealkylation sites (tertiary alicyclic amines) is 1. The highest BCUT2D eigenvalue weighted by atomic mass is 16.5. The molecule has 1 N–H and O–H groups in total. The van der Waals surface area contributed by atoms with Crippen molar-refractivity contribution in [1.29, 1.82) is 0 Å². The predicted molar refractivity (Wildman–Crippen MR) is 97.0 cm³/mol. The Morgan fingerprint density at radius 3 is 2.50 bits per heavy atom. The molecular weight excluding hydrogens is 334 g/mol. The molecule has 1 saturated carbocycles. The molecule has 0 radical (unpaired) electrons. The van der Waals surface area contributed by atoms with Gasteiger partial charge >= 0.3 is 6.09 Å². The van der Waals surface area contributed by atoms with Crippen LogP contribution in [0, 0.1) is 5.41 Å². The van der Waals surface area contributed by atoms with Crippen molar-refractivity contribution in [3.05, 3.63) is 23.8 Å². The van der Waals surface area contributed by atoms with E-state index in [1.54, 1.807) is 7.11 Å². The molecule has 2 fully saturated rings. The quantitative estimate of drug-likeness (QED) is 0.865. The van der Waals surface area contributed by atoms with E-state index in [0.29, 0.717) is 18.0 Å². The van der Waals surface area contributed by atoms with Crippen molar-refractivity contribution in [2.24, 2.45) is 5.41 Å². The average Bonchev–Trinajstić information content (AvgIpc) is 3.23. The number of carboxylic acid groups (broad SMARTS) is 1. The molecule has 0 aromatic heterocycles. The second-order valence-corrected chi connectivity index (χ2v) is 7.62. The molecule has 0 bridgehead atoms. The van der Waals surface area contributed by atoms with Crippen LogP contribution in [0.25, 0.3) is 0 Å². The van der Waals surface area contributed by atoms with E-state index in [9.17, 15) is 14.7 Å². The Kier molecular flexibility index (Phi) is 5.12. The summed E-state index contributed by atoms with van der Waals surface area (Å²) in [7, 11) is 1.61. The van der Waals surface area contributed by atoms with Crippen LogP contribution in [-0.4, -0.2) is 48.2 Å². The first kappa shape index (κ1) is 18.5. The number of amides is 1. The third kappa shape index (κ3) is 3.37. The van der Waals surface area contributed by atoms with Crippen molar-refractivity contribution in [3.63, 3.8) is 0 Å². The van der Waals surface area contributed by atoms with Crippen LogP contribution in [0.3, 0.4) is 0 Å². The molecule has 1 heterocycles. The van der Waals surface area contributed by atoms with Gasteiger partial charge in [-0.05, 0) is 50.3 Å². The van der Waals surface area contributed by atoms with Gasteiger partial charge < -0.3 is 19.5 Å². The number of carbonyl (C=O) groups excluding carboxylic acids is 1. The van der Waals surface area contributed by atoms with Crippen LogP contribution in [0.5, 0.6) is 11.5 Å². The zero-order valence-electron chi connectivity index (χ0n) is 15.7. The van der Waals surface area contributed by atoms with Crippen LogP contribution in [0.4, 0.5) is 4.79 Å². The number of methoxy groups -OCH3 is 1. The first-order valence-electron chi connectivity index (χ1n) is 9.18. The van der Waals surface area contributed by atoms with Crippen LogP contribution in [0.2, 0.25) is 0 Å². The predicted octanol–water partition coefficient (Wildman–Crippen LogP) is 3.69. The molecule has 1 aromatic rings. The smallest absolute Gasteiger partial charge is 0.407 e. The highest BCUT2D eigenvalue weighted by molar-refractivity contribution is 5.85. The Morgan fingerprint density at radius 1 is 1.23 bits per heavy atom. The fourth-order valence-electron chi connectivity index (χ4n) is 4.16. The lowest BCUT2D eigenvalue weighted by Crippen LogP contribution is -2.34. The Morgan fingerprint density at radius 2 is 1.92 bits per heavy atom. The fraction of sp³-hybridized carbons (Fsp3) is 0.600. The molecule has 1 saturated heterocycles. The van der Waals surface area contributed by atoms with Gasteiger partial charge in [-0.1, -0.05) is 13.0 Å². The largest absolute Gasteiger partial charge is 0.493 e. The zero-order valence-corrected chi connectivity index (χ0v) is 15.7. The van der Waals surface area contributed by atoms with Gasteiger partial charge in [0.15, 0.2) is 11.5 Å². The second kappa shape index (κ2) is 7.17. The Balaban J connectivity index is 1.93. The highest BCUT2D eigenvalue weighted by Crippen LogP contribution is 2.45. The Hall–Kier alpha value is -2.24. The summed E-state index contributed by atoms with van der Waals surface area (Å²) in [6.07, 6.45) is 3.62. The van der Waals surface area contributed by atoms with Crippen LogP contribution in [0.15, 0.2) is 18.2 Å². The highest BCUT2D eigenvalue weighted by Gasteiger charge is 2.48. The molecular formula is C20H27NO5. The van der Waals surface area contributed by atoms with Crippen LogP contribution >= 0.6 is 0 Å². The van der Waals surface area contributed by atoms with Gasteiger partial charge in [0.05, 0.1) is 18.6 Å². The van der Waals surface area contributed by atoms with Gasteiger partial charge in [0.25, 0.3) is 0 Å². The third-order valence-corrected chi connectivity index (χ3v) is 5.95. The number of ether oxygens (including phenoxy) is 2. The molecule has 6 heteroatoms. The van der Waals surface area contributed by atoms with Gasteiger partial charge in [-0.25, -0.2) is 4.79 Å². The van der Waals surface area contributed by atoms with E-state index >= 15 is 0 Å². The average molecular weight is 361 g/mol. The molecule has 2 aliphatic rings. The molecule has 1 aliphatic heterocycles. The van der Waals surface area contributed by atoms with E-state index in [1.807, 2.05) is 25.1 Å². The van der Waals surface area contributed by atoms with Crippen molar-refractivity contribution in [3.8, 4) is 11.5 Å². The summed E-state index contributed by atoms with van der Waals surface area (Å²) in [5, 5.41) is 9.39. The number of Topliss-reactive ketones (excluding diaryl/α,β-unsaturated/α-hetero) is 1. The molecule has 1 aromatic carbocycles.